The molecule has 32 heavy (non-hydrogen) atoms. The topological polar surface area (TPSA) is 69.6 Å². The van der Waals surface area contributed by atoms with Gasteiger partial charge >= 0.3 is 0 Å². The van der Waals surface area contributed by atoms with Crippen molar-refractivity contribution >= 4 is 17.6 Å². The lowest BCUT2D eigenvalue weighted by Gasteiger charge is -2.27. The van der Waals surface area contributed by atoms with Crippen LogP contribution in [0.3, 0.4) is 0 Å². The van der Waals surface area contributed by atoms with Gasteiger partial charge in [-0.05, 0) is 61.6 Å². The summed E-state index contributed by atoms with van der Waals surface area (Å²) in [7, 11) is 0. The van der Waals surface area contributed by atoms with Crippen LogP contribution in [0.1, 0.15) is 32.6 Å². The Hall–Kier alpha value is -3.03. The van der Waals surface area contributed by atoms with Crippen LogP contribution in [0.15, 0.2) is 36.4 Å². The van der Waals surface area contributed by atoms with Gasteiger partial charge in [0.1, 0.15) is 5.82 Å². The Balaban J connectivity index is 1.34. The zero-order valence-electron chi connectivity index (χ0n) is 18.5. The molecule has 0 unspecified atom stereocenters. The molecule has 0 N–H and O–H groups in total. The van der Waals surface area contributed by atoms with Gasteiger partial charge in [0.05, 0.1) is 12.2 Å². The number of nitrogens with zero attached hydrogens (tertiary/aromatic N) is 5. The van der Waals surface area contributed by atoms with Crippen LogP contribution in [0.2, 0.25) is 0 Å². The predicted octanol–water partition coefficient (Wildman–Crippen LogP) is 2.97. The van der Waals surface area contributed by atoms with Gasteiger partial charge in [0.15, 0.2) is 5.82 Å². The van der Waals surface area contributed by atoms with Gasteiger partial charge in [-0.15, -0.1) is 10.2 Å². The van der Waals surface area contributed by atoms with E-state index in [4.69, 9.17) is 0 Å². The van der Waals surface area contributed by atoms with Gasteiger partial charge in [0, 0.05) is 44.7 Å². The molecule has 8 heteroatoms. The van der Waals surface area contributed by atoms with Gasteiger partial charge < -0.3 is 14.7 Å². The van der Waals surface area contributed by atoms with Crippen molar-refractivity contribution in [2.45, 2.75) is 32.6 Å². The van der Waals surface area contributed by atoms with E-state index in [1.807, 2.05) is 24.0 Å². The zero-order valence-corrected chi connectivity index (χ0v) is 18.5. The van der Waals surface area contributed by atoms with Crippen molar-refractivity contribution < 1.29 is 14.0 Å². The van der Waals surface area contributed by atoms with Crippen LogP contribution in [0.4, 0.5) is 10.2 Å². The predicted molar refractivity (Wildman–Crippen MR) is 120 cm³/mol. The van der Waals surface area contributed by atoms with Gasteiger partial charge in [-0.3, -0.25) is 9.59 Å². The third-order valence-corrected chi connectivity index (χ3v) is 6.12. The number of aromatic nitrogens is 2. The van der Waals surface area contributed by atoms with E-state index in [0.29, 0.717) is 44.2 Å². The van der Waals surface area contributed by atoms with Crippen molar-refractivity contribution in [1.29, 1.82) is 0 Å². The smallest absolute Gasteiger partial charge is 0.242 e. The SMILES string of the molecule is CCC(=O)N(CC(=O)N1CCCN(c2ccc(-c3ccc(F)cc3)nn2)CC1)CC1CC1. The number of carbonyl (C=O) groups excluding carboxylic acids is 2. The van der Waals surface area contributed by atoms with E-state index >= 15 is 0 Å². The van der Waals surface area contributed by atoms with Crippen LogP contribution >= 0.6 is 0 Å². The minimum Gasteiger partial charge on any atom is -0.353 e. The number of hydrogen-bond acceptors (Lipinski definition) is 5. The molecule has 2 heterocycles. The highest BCUT2D eigenvalue weighted by molar-refractivity contribution is 5.84. The van der Waals surface area contributed by atoms with Gasteiger partial charge in [0.2, 0.25) is 11.8 Å². The summed E-state index contributed by atoms with van der Waals surface area (Å²) in [6.07, 6.45) is 3.57. The maximum absolute atomic E-state index is 13.1. The third kappa shape index (κ3) is 5.60. The highest BCUT2D eigenvalue weighted by Gasteiger charge is 2.29. The quantitative estimate of drug-likeness (QED) is 0.664. The van der Waals surface area contributed by atoms with Gasteiger partial charge in [0.25, 0.3) is 0 Å². The normalized spacial score (nSPS) is 16.6. The van der Waals surface area contributed by atoms with E-state index in [2.05, 4.69) is 15.1 Å². The second-order valence-electron chi connectivity index (χ2n) is 8.58. The molecule has 4 rings (SSSR count). The molecule has 1 saturated carbocycles. The minimum absolute atomic E-state index is 0.0204. The van der Waals surface area contributed by atoms with Crippen LogP contribution in [0.25, 0.3) is 11.3 Å². The molecule has 1 aromatic heterocycles. The molecule has 1 aromatic carbocycles. The Kier molecular flexibility index (Phi) is 6.97. The van der Waals surface area contributed by atoms with Crippen LogP contribution in [0.5, 0.6) is 0 Å². The largest absolute Gasteiger partial charge is 0.353 e. The Morgan fingerprint density at radius 1 is 1.03 bits per heavy atom. The standard InChI is InChI=1S/C24H30FN5O2/c1-2-23(31)30(16-18-4-5-18)17-24(32)29-13-3-12-28(14-15-29)22-11-10-21(26-27-22)19-6-8-20(25)9-7-19/h6-11,18H,2-5,12-17H2,1H3. The van der Waals surface area contributed by atoms with Crippen LogP contribution in [0, 0.1) is 11.7 Å². The molecule has 1 saturated heterocycles. The molecule has 2 fully saturated rings. The molecule has 0 spiro atoms. The van der Waals surface area contributed by atoms with Crippen molar-refractivity contribution in [3.05, 3.63) is 42.2 Å². The molecule has 0 bridgehead atoms. The molecule has 1 aliphatic carbocycles. The molecule has 1 aliphatic heterocycles. The van der Waals surface area contributed by atoms with Crippen molar-refractivity contribution in [3.63, 3.8) is 0 Å². The maximum atomic E-state index is 13.1. The summed E-state index contributed by atoms with van der Waals surface area (Å²) in [4.78, 5) is 30.9. The van der Waals surface area contributed by atoms with E-state index < -0.39 is 0 Å². The molecule has 2 amide bonds. The summed E-state index contributed by atoms with van der Waals surface area (Å²) >= 11 is 0. The first-order chi connectivity index (χ1) is 15.5. The van der Waals surface area contributed by atoms with Crippen molar-refractivity contribution in [2.24, 2.45) is 5.92 Å². The Morgan fingerprint density at radius 3 is 2.47 bits per heavy atom. The Morgan fingerprint density at radius 2 is 1.81 bits per heavy atom. The lowest BCUT2D eigenvalue weighted by molar-refractivity contribution is -0.140. The number of halogens is 1. The summed E-state index contributed by atoms with van der Waals surface area (Å²) in [6.45, 7) is 5.45. The van der Waals surface area contributed by atoms with Gasteiger partial charge in [-0.25, -0.2) is 4.39 Å². The Bertz CT molecular complexity index is 930. The molecule has 0 atom stereocenters. The molecule has 0 radical (unpaired) electrons. The third-order valence-electron chi connectivity index (χ3n) is 6.12. The van der Waals surface area contributed by atoms with Crippen molar-refractivity contribution in [2.75, 3.05) is 44.2 Å². The van der Waals surface area contributed by atoms with Crippen LogP contribution < -0.4 is 4.90 Å². The molecule has 7 nitrogen and oxygen atoms in total. The highest BCUT2D eigenvalue weighted by atomic mass is 19.1. The summed E-state index contributed by atoms with van der Waals surface area (Å²) in [6, 6.07) is 9.99. The molecular weight excluding hydrogens is 409 g/mol. The lowest BCUT2D eigenvalue weighted by atomic mass is 10.1. The fourth-order valence-corrected chi connectivity index (χ4v) is 4.02. The first-order valence-corrected chi connectivity index (χ1v) is 11.4. The van der Waals surface area contributed by atoms with E-state index in [9.17, 15) is 14.0 Å². The molecule has 2 aliphatic rings. The van der Waals surface area contributed by atoms with E-state index in [0.717, 1.165) is 37.2 Å². The van der Waals surface area contributed by atoms with Gasteiger partial charge in [-0.2, -0.15) is 0 Å². The summed E-state index contributed by atoms with van der Waals surface area (Å²) in [5, 5.41) is 8.66. The maximum Gasteiger partial charge on any atom is 0.242 e. The second kappa shape index (κ2) is 10.1. The summed E-state index contributed by atoms with van der Waals surface area (Å²) in [5.74, 6) is 1.12. The number of hydrogen-bond donors (Lipinski definition) is 0. The van der Waals surface area contributed by atoms with Crippen molar-refractivity contribution in [1.82, 2.24) is 20.0 Å². The first kappa shape index (κ1) is 22.2. The van der Waals surface area contributed by atoms with E-state index in [1.165, 1.54) is 12.1 Å². The Labute approximate surface area is 188 Å². The zero-order chi connectivity index (χ0) is 22.5. The number of benzene rings is 1. The van der Waals surface area contributed by atoms with Crippen LogP contribution in [-0.4, -0.2) is 71.1 Å². The average molecular weight is 440 g/mol. The fraction of sp³-hybridized carbons (Fsp3) is 0.500. The van der Waals surface area contributed by atoms with Crippen molar-refractivity contribution in [3.8, 4) is 11.3 Å². The van der Waals surface area contributed by atoms with E-state index in [-0.39, 0.29) is 24.2 Å². The minimum atomic E-state index is -0.281. The number of amides is 2. The number of rotatable bonds is 7. The monoisotopic (exact) mass is 439 g/mol. The van der Waals surface area contributed by atoms with Crippen LogP contribution in [-0.2, 0) is 9.59 Å². The number of anilines is 1. The molecule has 2 aromatic rings. The summed E-state index contributed by atoms with van der Waals surface area (Å²) < 4.78 is 13.1. The number of carbonyl (C=O) groups is 2. The second-order valence-corrected chi connectivity index (χ2v) is 8.58. The fourth-order valence-electron chi connectivity index (χ4n) is 4.02. The average Bonchev–Trinajstić information content (AvgIpc) is 3.65. The summed E-state index contributed by atoms with van der Waals surface area (Å²) in [5.41, 5.74) is 1.51. The van der Waals surface area contributed by atoms with Gasteiger partial charge in [-0.1, -0.05) is 6.92 Å². The van der Waals surface area contributed by atoms with E-state index in [1.54, 1.807) is 17.0 Å². The molecular formula is C24H30FN5O2. The molecule has 170 valence electrons. The first-order valence-electron chi connectivity index (χ1n) is 11.4. The lowest BCUT2D eigenvalue weighted by Crippen LogP contribution is -2.44. The highest BCUT2D eigenvalue weighted by Crippen LogP contribution is 2.30.